The van der Waals surface area contributed by atoms with Crippen LogP contribution in [0, 0.1) is 0 Å². The molecule has 0 aliphatic carbocycles. The van der Waals surface area contributed by atoms with E-state index in [1.807, 2.05) is 18.3 Å². The minimum Gasteiger partial charge on any atom is -0.337 e. The predicted molar refractivity (Wildman–Crippen MR) is 68.5 cm³/mol. The van der Waals surface area contributed by atoms with Crippen LogP contribution in [0.25, 0.3) is 0 Å². The Balaban J connectivity index is 1.69. The fraction of sp³-hybridized carbons (Fsp3) is 0.417. The smallest absolute Gasteiger partial charge is 0.244 e. The summed E-state index contributed by atoms with van der Waals surface area (Å²) < 4.78 is 0. The third-order valence-corrected chi connectivity index (χ3v) is 3.01. The molecule has 0 radical (unpaired) electrons. The van der Waals surface area contributed by atoms with Crippen molar-refractivity contribution in [2.24, 2.45) is 0 Å². The summed E-state index contributed by atoms with van der Waals surface area (Å²) in [6.07, 6.45) is 4.37. The van der Waals surface area contributed by atoms with Crippen LogP contribution in [0.1, 0.15) is 11.4 Å². The Kier molecular flexibility index (Phi) is 3.18. The number of nitrogens with zero attached hydrogens (tertiary/aromatic N) is 4. The molecule has 0 bridgehead atoms. The van der Waals surface area contributed by atoms with Crippen LogP contribution < -0.4 is 10.2 Å². The summed E-state index contributed by atoms with van der Waals surface area (Å²) >= 11 is 0. The van der Waals surface area contributed by atoms with Crippen molar-refractivity contribution in [1.82, 2.24) is 25.5 Å². The van der Waals surface area contributed by atoms with Gasteiger partial charge >= 0.3 is 0 Å². The number of pyridine rings is 1. The molecule has 3 heterocycles. The van der Waals surface area contributed by atoms with Gasteiger partial charge in [0.15, 0.2) is 0 Å². The first-order chi connectivity index (χ1) is 8.92. The van der Waals surface area contributed by atoms with Crippen LogP contribution in [0.5, 0.6) is 0 Å². The number of aromatic amines is 1. The van der Waals surface area contributed by atoms with Crippen LogP contribution in [0.4, 0.5) is 5.95 Å². The van der Waals surface area contributed by atoms with Crippen molar-refractivity contribution < 1.29 is 0 Å². The van der Waals surface area contributed by atoms with Crippen molar-refractivity contribution in [3.05, 3.63) is 35.9 Å². The van der Waals surface area contributed by atoms with Gasteiger partial charge in [-0.05, 0) is 11.6 Å². The van der Waals surface area contributed by atoms with Gasteiger partial charge in [0, 0.05) is 45.0 Å². The lowest BCUT2D eigenvalue weighted by molar-refractivity contribution is 0.580. The molecule has 1 fully saturated rings. The van der Waals surface area contributed by atoms with Crippen LogP contribution in [-0.2, 0) is 6.42 Å². The molecule has 2 aromatic heterocycles. The molecular formula is C12H16N6. The highest BCUT2D eigenvalue weighted by atomic mass is 15.4. The number of aromatic nitrogens is 4. The Morgan fingerprint density at radius 1 is 1.28 bits per heavy atom. The van der Waals surface area contributed by atoms with Gasteiger partial charge in [-0.1, -0.05) is 6.07 Å². The van der Waals surface area contributed by atoms with E-state index in [9.17, 15) is 0 Å². The van der Waals surface area contributed by atoms with E-state index < -0.39 is 0 Å². The van der Waals surface area contributed by atoms with Crippen LogP contribution in [0.3, 0.4) is 0 Å². The average molecular weight is 244 g/mol. The number of piperazine rings is 1. The molecule has 0 atom stereocenters. The van der Waals surface area contributed by atoms with Gasteiger partial charge in [0.25, 0.3) is 0 Å². The zero-order valence-electron chi connectivity index (χ0n) is 10.1. The molecule has 1 aliphatic rings. The van der Waals surface area contributed by atoms with Crippen molar-refractivity contribution in [3.8, 4) is 0 Å². The Morgan fingerprint density at radius 2 is 2.17 bits per heavy atom. The van der Waals surface area contributed by atoms with Crippen molar-refractivity contribution in [3.63, 3.8) is 0 Å². The summed E-state index contributed by atoms with van der Waals surface area (Å²) in [4.78, 5) is 10.8. The van der Waals surface area contributed by atoms with Crippen molar-refractivity contribution in [2.45, 2.75) is 6.42 Å². The van der Waals surface area contributed by atoms with Gasteiger partial charge < -0.3 is 10.2 Å². The molecule has 1 saturated heterocycles. The fourth-order valence-corrected chi connectivity index (χ4v) is 2.07. The van der Waals surface area contributed by atoms with E-state index in [0.29, 0.717) is 0 Å². The molecule has 6 heteroatoms. The van der Waals surface area contributed by atoms with Crippen LogP contribution >= 0.6 is 0 Å². The number of nitrogens with one attached hydrogen (secondary N) is 2. The van der Waals surface area contributed by atoms with Crippen LogP contribution in [-0.4, -0.2) is 46.3 Å². The van der Waals surface area contributed by atoms with Crippen molar-refractivity contribution in [1.29, 1.82) is 0 Å². The second-order valence-corrected chi connectivity index (χ2v) is 4.36. The number of hydrogen-bond acceptors (Lipinski definition) is 5. The Bertz CT molecular complexity index is 488. The normalized spacial score (nSPS) is 15.9. The fourth-order valence-electron chi connectivity index (χ4n) is 2.07. The van der Waals surface area contributed by atoms with Gasteiger partial charge in [-0.2, -0.15) is 4.98 Å². The lowest BCUT2D eigenvalue weighted by Gasteiger charge is -2.25. The molecule has 0 spiro atoms. The second-order valence-electron chi connectivity index (χ2n) is 4.36. The van der Waals surface area contributed by atoms with E-state index in [2.05, 4.69) is 30.4 Å². The number of hydrogen-bond donors (Lipinski definition) is 2. The minimum absolute atomic E-state index is 0.743. The summed E-state index contributed by atoms with van der Waals surface area (Å²) in [7, 11) is 0. The molecule has 2 N–H and O–H groups in total. The van der Waals surface area contributed by atoms with E-state index in [1.54, 1.807) is 6.20 Å². The van der Waals surface area contributed by atoms with Crippen molar-refractivity contribution >= 4 is 5.95 Å². The molecule has 6 nitrogen and oxygen atoms in total. The van der Waals surface area contributed by atoms with E-state index in [4.69, 9.17) is 0 Å². The van der Waals surface area contributed by atoms with Gasteiger partial charge in [-0.3, -0.25) is 10.1 Å². The maximum Gasteiger partial charge on any atom is 0.244 e. The Hall–Kier alpha value is -1.95. The molecule has 1 aliphatic heterocycles. The first kappa shape index (κ1) is 11.2. The molecule has 0 aromatic carbocycles. The Labute approximate surface area is 105 Å². The van der Waals surface area contributed by atoms with E-state index in [0.717, 1.165) is 49.9 Å². The summed E-state index contributed by atoms with van der Waals surface area (Å²) in [5.74, 6) is 1.69. The quantitative estimate of drug-likeness (QED) is 0.807. The van der Waals surface area contributed by atoms with Gasteiger partial charge in [0.1, 0.15) is 5.82 Å². The average Bonchev–Trinajstić information content (AvgIpc) is 2.89. The standard InChI is InChI=1S/C12H16N6/c1-2-10(9-14-3-1)8-11-15-12(17-16-11)18-6-4-13-5-7-18/h1-3,9,13H,4-8H2,(H,15,16,17). The van der Waals surface area contributed by atoms with E-state index in [-0.39, 0.29) is 0 Å². The molecule has 18 heavy (non-hydrogen) atoms. The number of anilines is 1. The van der Waals surface area contributed by atoms with Gasteiger partial charge in [-0.25, -0.2) is 0 Å². The highest BCUT2D eigenvalue weighted by Gasteiger charge is 2.14. The zero-order valence-corrected chi connectivity index (χ0v) is 10.1. The zero-order chi connectivity index (χ0) is 12.2. The third-order valence-electron chi connectivity index (χ3n) is 3.01. The summed E-state index contributed by atoms with van der Waals surface area (Å²) in [6.45, 7) is 3.91. The monoisotopic (exact) mass is 244 g/mol. The molecule has 0 unspecified atom stereocenters. The van der Waals surface area contributed by atoms with Crippen LogP contribution in [0.2, 0.25) is 0 Å². The maximum absolute atomic E-state index is 4.53. The molecule has 2 aromatic rings. The highest BCUT2D eigenvalue weighted by Crippen LogP contribution is 2.10. The number of H-pyrrole nitrogens is 1. The molecule has 0 amide bonds. The van der Waals surface area contributed by atoms with Gasteiger partial charge in [0.2, 0.25) is 5.95 Å². The largest absolute Gasteiger partial charge is 0.337 e. The summed E-state index contributed by atoms with van der Waals surface area (Å²) in [5.41, 5.74) is 1.14. The van der Waals surface area contributed by atoms with E-state index >= 15 is 0 Å². The summed E-state index contributed by atoms with van der Waals surface area (Å²) in [5, 5.41) is 10.6. The second kappa shape index (κ2) is 5.14. The topological polar surface area (TPSA) is 69.7 Å². The molecular weight excluding hydrogens is 228 g/mol. The SMILES string of the molecule is c1cncc(Cc2nc(N3CCNCC3)n[nH]2)c1. The first-order valence-corrected chi connectivity index (χ1v) is 6.18. The molecule has 94 valence electrons. The lowest BCUT2D eigenvalue weighted by Crippen LogP contribution is -2.44. The highest BCUT2D eigenvalue weighted by molar-refractivity contribution is 5.30. The predicted octanol–water partition coefficient (Wildman–Crippen LogP) is 0.200. The van der Waals surface area contributed by atoms with Crippen LogP contribution in [0.15, 0.2) is 24.5 Å². The Morgan fingerprint density at radius 3 is 2.94 bits per heavy atom. The maximum atomic E-state index is 4.53. The third kappa shape index (κ3) is 2.48. The number of rotatable bonds is 3. The van der Waals surface area contributed by atoms with Crippen molar-refractivity contribution in [2.75, 3.05) is 31.1 Å². The first-order valence-electron chi connectivity index (χ1n) is 6.18. The molecule has 3 rings (SSSR count). The lowest BCUT2D eigenvalue weighted by atomic mass is 10.2. The van der Waals surface area contributed by atoms with E-state index in [1.165, 1.54) is 0 Å². The molecule has 0 saturated carbocycles. The van der Waals surface area contributed by atoms with Gasteiger partial charge in [-0.15, -0.1) is 5.10 Å². The minimum atomic E-state index is 0.743. The summed E-state index contributed by atoms with van der Waals surface area (Å²) in [6, 6.07) is 3.98. The van der Waals surface area contributed by atoms with Gasteiger partial charge in [0.05, 0.1) is 0 Å².